The maximum Gasteiger partial charge on any atom is 0.244 e. The van der Waals surface area contributed by atoms with E-state index in [1.165, 1.54) is 12.8 Å². The lowest BCUT2D eigenvalue weighted by Gasteiger charge is -2.29. The van der Waals surface area contributed by atoms with Crippen molar-refractivity contribution < 1.29 is 0 Å². The van der Waals surface area contributed by atoms with Crippen molar-refractivity contribution in [2.24, 2.45) is 5.73 Å². The zero-order valence-electron chi connectivity index (χ0n) is 11.7. The molecule has 0 aliphatic heterocycles. The molecule has 0 spiro atoms. The second kappa shape index (κ2) is 6.45. The van der Waals surface area contributed by atoms with Crippen LogP contribution in [0, 0.1) is 0 Å². The van der Waals surface area contributed by atoms with E-state index in [0.717, 1.165) is 18.5 Å². The maximum atomic E-state index is 6.13. The van der Waals surface area contributed by atoms with Crippen molar-refractivity contribution >= 4 is 17.5 Å². The largest absolute Gasteiger partial charge is 0.349 e. The van der Waals surface area contributed by atoms with Gasteiger partial charge in [0.05, 0.1) is 18.1 Å². The first kappa shape index (κ1) is 13.7. The predicted molar refractivity (Wildman–Crippen MR) is 81.2 cm³/mol. The highest BCUT2D eigenvalue weighted by molar-refractivity contribution is 5.54. The summed E-state index contributed by atoms with van der Waals surface area (Å²) in [5.74, 6) is 1.14. The highest BCUT2D eigenvalue weighted by atomic mass is 15.3. The van der Waals surface area contributed by atoms with Crippen molar-refractivity contribution in [3.63, 3.8) is 0 Å². The lowest BCUT2D eigenvalue weighted by Crippen LogP contribution is -2.43. The van der Waals surface area contributed by atoms with Gasteiger partial charge in [0.25, 0.3) is 0 Å². The fourth-order valence-corrected chi connectivity index (χ4v) is 2.51. The average Bonchev–Trinajstić information content (AvgIpc) is 2.51. The Hall–Kier alpha value is -2.28. The zero-order chi connectivity index (χ0) is 14.5. The summed E-state index contributed by atoms with van der Waals surface area (Å²) in [7, 11) is 0. The molecule has 1 fully saturated rings. The molecule has 2 atom stereocenters. The first-order valence-corrected chi connectivity index (χ1v) is 7.20. The van der Waals surface area contributed by atoms with E-state index in [1.54, 1.807) is 18.6 Å². The molecule has 1 aliphatic carbocycles. The minimum absolute atomic E-state index is 0.150. The van der Waals surface area contributed by atoms with Crippen molar-refractivity contribution in [1.82, 2.24) is 20.2 Å². The van der Waals surface area contributed by atoms with Gasteiger partial charge in [-0.05, 0) is 25.0 Å². The normalized spacial score (nSPS) is 21.8. The predicted octanol–water partition coefficient (Wildman–Crippen LogP) is 1.69. The van der Waals surface area contributed by atoms with Crippen LogP contribution in [0.2, 0.25) is 0 Å². The Morgan fingerprint density at radius 1 is 1.19 bits per heavy atom. The zero-order valence-corrected chi connectivity index (χ0v) is 11.7. The highest BCUT2D eigenvalue weighted by Gasteiger charge is 2.22. The highest BCUT2D eigenvalue weighted by Crippen LogP contribution is 2.20. The van der Waals surface area contributed by atoms with Gasteiger partial charge in [-0.15, -0.1) is 5.10 Å². The Bertz CT molecular complexity index is 575. The van der Waals surface area contributed by atoms with Crippen LogP contribution in [0.4, 0.5) is 17.5 Å². The number of nitrogens with zero attached hydrogens (tertiary/aromatic N) is 4. The van der Waals surface area contributed by atoms with Crippen molar-refractivity contribution in [3.05, 3.63) is 30.7 Å². The summed E-state index contributed by atoms with van der Waals surface area (Å²) in [5, 5.41) is 14.4. The Labute approximate surface area is 123 Å². The summed E-state index contributed by atoms with van der Waals surface area (Å²) >= 11 is 0. The van der Waals surface area contributed by atoms with Gasteiger partial charge < -0.3 is 16.4 Å². The van der Waals surface area contributed by atoms with Crippen LogP contribution in [0.3, 0.4) is 0 Å². The van der Waals surface area contributed by atoms with E-state index < -0.39 is 0 Å². The number of nitrogens with one attached hydrogen (secondary N) is 2. The summed E-state index contributed by atoms with van der Waals surface area (Å²) in [4.78, 5) is 8.47. The Balaban J connectivity index is 1.68. The van der Waals surface area contributed by atoms with Gasteiger partial charge in [-0.25, -0.2) is 0 Å². The molecule has 0 amide bonds. The van der Waals surface area contributed by atoms with E-state index in [2.05, 4.69) is 30.8 Å². The number of anilines is 3. The Kier molecular flexibility index (Phi) is 4.20. The second-order valence-electron chi connectivity index (χ2n) is 5.23. The van der Waals surface area contributed by atoms with E-state index in [9.17, 15) is 0 Å². The van der Waals surface area contributed by atoms with Crippen LogP contribution in [0.5, 0.6) is 0 Å². The van der Waals surface area contributed by atoms with Crippen LogP contribution in [0.1, 0.15) is 25.7 Å². The van der Waals surface area contributed by atoms with E-state index >= 15 is 0 Å². The lowest BCUT2D eigenvalue weighted by molar-refractivity contribution is 0.402. The molecule has 3 rings (SSSR count). The average molecular weight is 285 g/mol. The van der Waals surface area contributed by atoms with Gasteiger partial charge in [-0.2, -0.15) is 10.1 Å². The van der Waals surface area contributed by atoms with Crippen molar-refractivity contribution in [2.75, 3.05) is 10.6 Å². The van der Waals surface area contributed by atoms with Crippen LogP contribution < -0.4 is 16.4 Å². The molecule has 0 bridgehead atoms. The number of pyridine rings is 1. The van der Waals surface area contributed by atoms with Crippen molar-refractivity contribution in [3.8, 4) is 0 Å². The molecule has 21 heavy (non-hydrogen) atoms. The summed E-state index contributed by atoms with van der Waals surface area (Å²) in [6.07, 6.45) is 9.50. The summed E-state index contributed by atoms with van der Waals surface area (Å²) in [5.41, 5.74) is 6.99. The molecule has 4 N–H and O–H groups in total. The Morgan fingerprint density at radius 2 is 2.10 bits per heavy atom. The van der Waals surface area contributed by atoms with Crippen molar-refractivity contribution in [2.45, 2.75) is 37.8 Å². The van der Waals surface area contributed by atoms with Gasteiger partial charge in [-0.3, -0.25) is 4.98 Å². The van der Waals surface area contributed by atoms with Gasteiger partial charge in [0, 0.05) is 18.3 Å². The molecule has 0 unspecified atom stereocenters. The van der Waals surface area contributed by atoms with Crippen LogP contribution >= 0.6 is 0 Å². The summed E-state index contributed by atoms with van der Waals surface area (Å²) in [6, 6.07) is 4.14. The number of rotatable bonds is 4. The van der Waals surface area contributed by atoms with Crippen LogP contribution in [0.15, 0.2) is 30.7 Å². The van der Waals surface area contributed by atoms with Gasteiger partial charge in [-0.1, -0.05) is 12.8 Å². The standard InChI is InChI=1S/C14H19N7/c15-11-5-1-2-6-12(11)19-14-20-13(9-17-21-14)18-10-4-3-7-16-8-10/h3-4,7-9,11-12H,1-2,5-6,15H2,(H2,18,19,20,21)/t11-,12+/m0/s1. The first-order chi connectivity index (χ1) is 10.3. The Morgan fingerprint density at radius 3 is 2.90 bits per heavy atom. The number of aromatic nitrogens is 4. The molecule has 110 valence electrons. The molecule has 0 aromatic carbocycles. The van der Waals surface area contributed by atoms with Crippen molar-refractivity contribution in [1.29, 1.82) is 0 Å². The molecular weight excluding hydrogens is 266 g/mol. The first-order valence-electron chi connectivity index (χ1n) is 7.20. The second-order valence-corrected chi connectivity index (χ2v) is 5.23. The van der Waals surface area contributed by atoms with Gasteiger partial charge in [0.15, 0.2) is 5.82 Å². The smallest absolute Gasteiger partial charge is 0.244 e. The third kappa shape index (κ3) is 3.63. The lowest BCUT2D eigenvalue weighted by atomic mass is 9.91. The van der Waals surface area contributed by atoms with Crippen LogP contribution in [0.25, 0.3) is 0 Å². The monoisotopic (exact) mass is 285 g/mol. The minimum atomic E-state index is 0.150. The molecule has 1 aliphatic rings. The molecule has 2 heterocycles. The van der Waals surface area contributed by atoms with E-state index in [4.69, 9.17) is 5.73 Å². The molecule has 7 nitrogen and oxygen atoms in total. The molecule has 0 saturated heterocycles. The van der Waals surface area contributed by atoms with Crippen LogP contribution in [-0.2, 0) is 0 Å². The van der Waals surface area contributed by atoms with Crippen LogP contribution in [-0.4, -0.2) is 32.2 Å². The molecular formula is C14H19N7. The summed E-state index contributed by atoms with van der Waals surface area (Å²) < 4.78 is 0. The maximum absolute atomic E-state index is 6.13. The summed E-state index contributed by atoms with van der Waals surface area (Å²) in [6.45, 7) is 0. The topological polar surface area (TPSA) is 102 Å². The molecule has 2 aromatic heterocycles. The fourth-order valence-electron chi connectivity index (χ4n) is 2.51. The SMILES string of the molecule is N[C@H]1CCCC[C@H]1Nc1nncc(Nc2cccnc2)n1. The number of hydrogen-bond donors (Lipinski definition) is 3. The molecule has 1 saturated carbocycles. The molecule has 0 radical (unpaired) electrons. The minimum Gasteiger partial charge on any atom is -0.349 e. The molecule has 7 heteroatoms. The van der Waals surface area contributed by atoms with Gasteiger partial charge in [0.2, 0.25) is 5.95 Å². The van der Waals surface area contributed by atoms with Gasteiger partial charge in [0.1, 0.15) is 0 Å². The number of hydrogen-bond acceptors (Lipinski definition) is 7. The third-order valence-corrected chi connectivity index (χ3v) is 3.63. The number of nitrogens with two attached hydrogens (primary N) is 1. The van der Waals surface area contributed by atoms with E-state index in [0.29, 0.717) is 11.8 Å². The molecule has 2 aromatic rings. The van der Waals surface area contributed by atoms with E-state index in [1.807, 2.05) is 12.1 Å². The third-order valence-electron chi connectivity index (χ3n) is 3.63. The van der Waals surface area contributed by atoms with Gasteiger partial charge >= 0.3 is 0 Å². The quantitative estimate of drug-likeness (QED) is 0.785. The van der Waals surface area contributed by atoms with E-state index in [-0.39, 0.29) is 12.1 Å². The fraction of sp³-hybridized carbons (Fsp3) is 0.429.